The van der Waals surface area contributed by atoms with Crippen molar-refractivity contribution in [3.63, 3.8) is 0 Å². The van der Waals surface area contributed by atoms with Gasteiger partial charge in [0, 0.05) is 31.9 Å². The number of anilines is 1. The normalized spacial score (nSPS) is 17.1. The summed E-state index contributed by atoms with van der Waals surface area (Å²) in [4.78, 5) is 15.1. The number of morpholine rings is 1. The van der Waals surface area contributed by atoms with Crippen molar-refractivity contribution in [3.8, 4) is 5.75 Å². The molecule has 6 heteroatoms. The van der Waals surface area contributed by atoms with Crippen LogP contribution in [0.1, 0.15) is 46.5 Å². The van der Waals surface area contributed by atoms with E-state index >= 15 is 0 Å². The first-order chi connectivity index (χ1) is 13.6. The molecule has 0 bridgehead atoms. The molecule has 1 aromatic carbocycles. The van der Waals surface area contributed by atoms with Crippen LogP contribution in [-0.2, 0) is 14.3 Å². The molecular formula is C22H36N2O4. The summed E-state index contributed by atoms with van der Waals surface area (Å²) in [5.74, 6) is 0.723. The Balaban J connectivity index is 1.76. The molecule has 158 valence electrons. The zero-order chi connectivity index (χ0) is 20.2. The molecule has 0 spiro atoms. The minimum atomic E-state index is -0.792. The number of nitrogens with zero attached hydrogens (tertiary/aromatic N) is 1. The minimum absolute atomic E-state index is 0.0954. The van der Waals surface area contributed by atoms with Crippen LogP contribution in [0.15, 0.2) is 24.3 Å². The van der Waals surface area contributed by atoms with Crippen LogP contribution >= 0.6 is 0 Å². The molecule has 1 fully saturated rings. The molecule has 0 saturated carbocycles. The van der Waals surface area contributed by atoms with Gasteiger partial charge in [-0.1, -0.05) is 20.3 Å². The molecule has 1 aromatic rings. The molecule has 6 nitrogen and oxygen atoms in total. The van der Waals surface area contributed by atoms with Crippen molar-refractivity contribution in [3.05, 3.63) is 24.3 Å². The second-order valence-corrected chi connectivity index (χ2v) is 7.46. The topological polar surface area (TPSA) is 60.0 Å². The minimum Gasteiger partial charge on any atom is -0.494 e. The van der Waals surface area contributed by atoms with E-state index in [4.69, 9.17) is 14.2 Å². The molecule has 1 heterocycles. The number of benzene rings is 1. The summed E-state index contributed by atoms with van der Waals surface area (Å²) in [5, 5.41) is 2.98. The predicted octanol–water partition coefficient (Wildman–Crippen LogP) is 3.71. The van der Waals surface area contributed by atoms with E-state index < -0.39 is 5.60 Å². The van der Waals surface area contributed by atoms with E-state index in [9.17, 15) is 4.79 Å². The Morgan fingerprint density at radius 2 is 1.86 bits per heavy atom. The van der Waals surface area contributed by atoms with Crippen LogP contribution in [0.2, 0.25) is 0 Å². The van der Waals surface area contributed by atoms with E-state index in [0.717, 1.165) is 63.5 Å². The molecule has 1 amide bonds. The lowest BCUT2D eigenvalue weighted by Crippen LogP contribution is -2.43. The van der Waals surface area contributed by atoms with Crippen molar-refractivity contribution in [1.29, 1.82) is 0 Å². The predicted molar refractivity (Wildman–Crippen MR) is 112 cm³/mol. The third kappa shape index (κ3) is 7.41. The van der Waals surface area contributed by atoms with Crippen LogP contribution in [0, 0.1) is 0 Å². The molecule has 1 N–H and O–H groups in total. The standard InChI is InChI=1S/C22H36N2O4/c1-4-11-22(3,28-15-5-2)21(25)23-19-7-9-20(10-8-19)27-16-6-12-24-13-17-26-18-14-24/h7-10H,4-6,11-18H2,1-3H3,(H,23,25)/t22-/m1/s1. The van der Waals surface area contributed by atoms with Crippen LogP contribution < -0.4 is 10.1 Å². The smallest absolute Gasteiger partial charge is 0.256 e. The highest BCUT2D eigenvalue weighted by molar-refractivity contribution is 5.97. The van der Waals surface area contributed by atoms with Crippen LogP contribution in [-0.4, -0.2) is 62.5 Å². The zero-order valence-corrected chi connectivity index (χ0v) is 17.7. The first kappa shape index (κ1) is 22.7. The Morgan fingerprint density at radius 3 is 2.50 bits per heavy atom. The Kier molecular flexibility index (Phi) is 9.75. The van der Waals surface area contributed by atoms with E-state index in [1.807, 2.05) is 38.1 Å². The lowest BCUT2D eigenvalue weighted by Gasteiger charge is -2.28. The summed E-state index contributed by atoms with van der Waals surface area (Å²) in [6.07, 6.45) is 3.47. The monoisotopic (exact) mass is 392 g/mol. The van der Waals surface area contributed by atoms with E-state index in [1.54, 1.807) is 0 Å². The maximum absolute atomic E-state index is 12.7. The Labute approximate surface area is 169 Å². The third-order valence-electron chi connectivity index (χ3n) is 4.94. The summed E-state index contributed by atoms with van der Waals surface area (Å²) in [6.45, 7) is 11.9. The van der Waals surface area contributed by atoms with Gasteiger partial charge in [-0.15, -0.1) is 0 Å². The number of ether oxygens (including phenoxy) is 3. The molecule has 1 atom stereocenters. The second-order valence-electron chi connectivity index (χ2n) is 7.46. The number of rotatable bonds is 12. The van der Waals surface area contributed by atoms with Gasteiger partial charge in [0.25, 0.3) is 5.91 Å². The molecule has 0 aromatic heterocycles. The van der Waals surface area contributed by atoms with Crippen molar-refractivity contribution < 1.29 is 19.0 Å². The first-order valence-corrected chi connectivity index (χ1v) is 10.6. The van der Waals surface area contributed by atoms with E-state index in [2.05, 4.69) is 17.1 Å². The van der Waals surface area contributed by atoms with Gasteiger partial charge in [0.15, 0.2) is 0 Å². The van der Waals surface area contributed by atoms with E-state index in [1.165, 1.54) is 0 Å². The molecule has 1 aliphatic rings. The molecule has 0 aliphatic carbocycles. The number of carbonyl (C=O) groups excluding carboxylic acids is 1. The number of carbonyl (C=O) groups is 1. The van der Waals surface area contributed by atoms with Crippen molar-refractivity contribution in [2.24, 2.45) is 0 Å². The van der Waals surface area contributed by atoms with Crippen LogP contribution in [0.5, 0.6) is 5.75 Å². The summed E-state index contributed by atoms with van der Waals surface area (Å²) in [5.41, 5.74) is -0.0347. The van der Waals surface area contributed by atoms with Crippen molar-refractivity contribution in [2.45, 2.75) is 52.1 Å². The van der Waals surface area contributed by atoms with Gasteiger partial charge >= 0.3 is 0 Å². The SMILES string of the molecule is CCCO[C@](C)(CCC)C(=O)Nc1ccc(OCCCN2CCOCC2)cc1. The first-order valence-electron chi connectivity index (χ1n) is 10.6. The van der Waals surface area contributed by atoms with Gasteiger partial charge in [-0.05, 0) is 50.5 Å². The number of hydrogen-bond acceptors (Lipinski definition) is 5. The van der Waals surface area contributed by atoms with Crippen molar-refractivity contribution in [2.75, 3.05) is 51.4 Å². The molecular weight excluding hydrogens is 356 g/mol. The summed E-state index contributed by atoms with van der Waals surface area (Å²) in [7, 11) is 0. The van der Waals surface area contributed by atoms with Gasteiger partial charge < -0.3 is 19.5 Å². The summed E-state index contributed by atoms with van der Waals surface area (Å²) >= 11 is 0. The molecule has 28 heavy (non-hydrogen) atoms. The Hall–Kier alpha value is -1.63. The fourth-order valence-electron chi connectivity index (χ4n) is 3.26. The number of nitrogens with one attached hydrogen (secondary N) is 1. The van der Waals surface area contributed by atoms with Gasteiger partial charge in [-0.3, -0.25) is 9.69 Å². The lowest BCUT2D eigenvalue weighted by molar-refractivity contribution is -0.140. The lowest BCUT2D eigenvalue weighted by atomic mass is 9.99. The summed E-state index contributed by atoms with van der Waals surface area (Å²) in [6, 6.07) is 7.55. The molecule has 2 rings (SSSR count). The number of hydrogen-bond donors (Lipinski definition) is 1. The zero-order valence-electron chi connectivity index (χ0n) is 17.7. The van der Waals surface area contributed by atoms with Crippen LogP contribution in [0.4, 0.5) is 5.69 Å². The van der Waals surface area contributed by atoms with Gasteiger partial charge in [0.1, 0.15) is 11.4 Å². The highest BCUT2D eigenvalue weighted by atomic mass is 16.5. The second kappa shape index (κ2) is 12.0. The fourth-order valence-corrected chi connectivity index (χ4v) is 3.26. The Morgan fingerprint density at radius 1 is 1.14 bits per heavy atom. The third-order valence-corrected chi connectivity index (χ3v) is 4.94. The Bertz CT molecular complexity index is 572. The van der Waals surface area contributed by atoms with Crippen LogP contribution in [0.3, 0.4) is 0 Å². The highest BCUT2D eigenvalue weighted by Crippen LogP contribution is 2.22. The van der Waals surface area contributed by atoms with Gasteiger partial charge in [-0.2, -0.15) is 0 Å². The van der Waals surface area contributed by atoms with Crippen LogP contribution in [0.25, 0.3) is 0 Å². The fraction of sp³-hybridized carbons (Fsp3) is 0.682. The van der Waals surface area contributed by atoms with E-state index in [-0.39, 0.29) is 5.91 Å². The van der Waals surface area contributed by atoms with Gasteiger partial charge in [0.2, 0.25) is 0 Å². The molecule has 0 radical (unpaired) electrons. The largest absolute Gasteiger partial charge is 0.494 e. The molecule has 0 unspecified atom stereocenters. The maximum Gasteiger partial charge on any atom is 0.256 e. The van der Waals surface area contributed by atoms with Crippen molar-refractivity contribution in [1.82, 2.24) is 4.90 Å². The molecule has 1 aliphatic heterocycles. The van der Waals surface area contributed by atoms with Gasteiger partial charge in [0.05, 0.1) is 19.8 Å². The quantitative estimate of drug-likeness (QED) is 0.550. The number of amides is 1. The van der Waals surface area contributed by atoms with Gasteiger partial charge in [-0.25, -0.2) is 0 Å². The maximum atomic E-state index is 12.7. The van der Waals surface area contributed by atoms with E-state index in [0.29, 0.717) is 19.6 Å². The molecule has 1 saturated heterocycles. The van der Waals surface area contributed by atoms with Crippen molar-refractivity contribution >= 4 is 11.6 Å². The highest BCUT2D eigenvalue weighted by Gasteiger charge is 2.33. The average molecular weight is 393 g/mol. The summed E-state index contributed by atoms with van der Waals surface area (Å²) < 4.78 is 17.0. The average Bonchev–Trinajstić information content (AvgIpc) is 2.72.